The predicted molar refractivity (Wildman–Crippen MR) is 103 cm³/mol. The van der Waals surface area contributed by atoms with E-state index in [4.69, 9.17) is 0 Å². The molecule has 1 aromatic carbocycles. The average Bonchev–Trinajstić information content (AvgIpc) is 3.44. The number of para-hydroxylation sites is 1. The number of tetrazole rings is 1. The van der Waals surface area contributed by atoms with Crippen LogP contribution < -0.4 is 5.32 Å². The Labute approximate surface area is 159 Å². The largest absolute Gasteiger partial charge is 0.350 e. The highest BCUT2D eigenvalue weighted by Crippen LogP contribution is 2.37. The van der Waals surface area contributed by atoms with Gasteiger partial charge in [0.05, 0.1) is 5.56 Å². The van der Waals surface area contributed by atoms with E-state index in [-0.39, 0.29) is 5.91 Å². The predicted octanol–water partition coefficient (Wildman–Crippen LogP) is 2.60. The first kappa shape index (κ1) is 16.2. The lowest BCUT2D eigenvalue weighted by atomic mass is 10.1. The Kier molecular flexibility index (Phi) is 3.97. The number of aromatic nitrogens is 5. The summed E-state index contributed by atoms with van der Waals surface area (Å²) in [5.41, 5.74) is 3.07. The van der Waals surface area contributed by atoms with E-state index in [1.54, 1.807) is 22.3 Å². The van der Waals surface area contributed by atoms with Gasteiger partial charge in [-0.1, -0.05) is 18.2 Å². The fourth-order valence-electron chi connectivity index (χ4n) is 3.75. The lowest BCUT2D eigenvalue weighted by Crippen LogP contribution is -2.28. The summed E-state index contributed by atoms with van der Waals surface area (Å²) < 4.78 is 3.76. The van der Waals surface area contributed by atoms with Crippen LogP contribution in [0.4, 0.5) is 0 Å². The second kappa shape index (κ2) is 6.62. The second-order valence-corrected chi connectivity index (χ2v) is 7.70. The van der Waals surface area contributed by atoms with Gasteiger partial charge in [0, 0.05) is 29.7 Å². The van der Waals surface area contributed by atoms with E-state index in [2.05, 4.69) is 49.8 Å². The third-order valence-electron chi connectivity index (χ3n) is 5.01. The van der Waals surface area contributed by atoms with E-state index in [1.165, 1.54) is 15.8 Å². The molecule has 3 aromatic heterocycles. The number of fused-ring (bicyclic) bond motifs is 2. The zero-order valence-corrected chi connectivity index (χ0v) is 15.4. The molecule has 8 heteroatoms. The third kappa shape index (κ3) is 2.82. The van der Waals surface area contributed by atoms with Gasteiger partial charge in [0.1, 0.15) is 11.3 Å². The van der Waals surface area contributed by atoms with Crippen LogP contribution in [0.1, 0.15) is 27.2 Å². The van der Waals surface area contributed by atoms with Crippen molar-refractivity contribution in [3.05, 3.63) is 58.9 Å². The molecule has 1 aliphatic rings. The number of hydrogen-bond acceptors (Lipinski definition) is 5. The molecule has 7 nitrogen and oxygen atoms in total. The number of carbonyl (C=O) groups is 1. The molecule has 0 unspecified atom stereocenters. The van der Waals surface area contributed by atoms with E-state index in [0.717, 1.165) is 41.9 Å². The van der Waals surface area contributed by atoms with Gasteiger partial charge in [0.2, 0.25) is 0 Å². The molecule has 3 heterocycles. The molecular formula is C19H18N6OS. The standard InChI is InChI=1S/C19H18N6OS/c26-18(20-9-11-24-10-8-13-4-1-2-6-15(13)24)17-14-5-3-7-16(14)27-19(17)25-12-21-22-23-25/h1-2,4,6,8,10,12H,3,5,7,9,11H2,(H,20,26). The number of rotatable bonds is 5. The fourth-order valence-corrected chi connectivity index (χ4v) is 5.06. The van der Waals surface area contributed by atoms with Crippen LogP contribution in [0.5, 0.6) is 0 Å². The number of nitrogens with zero attached hydrogens (tertiary/aromatic N) is 5. The van der Waals surface area contributed by atoms with Crippen molar-refractivity contribution in [2.45, 2.75) is 25.8 Å². The fraction of sp³-hybridized carbons (Fsp3) is 0.263. The van der Waals surface area contributed by atoms with Gasteiger partial charge in [-0.2, -0.15) is 4.68 Å². The van der Waals surface area contributed by atoms with E-state index in [1.807, 2.05) is 12.1 Å². The normalized spacial score (nSPS) is 13.2. The van der Waals surface area contributed by atoms with Gasteiger partial charge >= 0.3 is 0 Å². The summed E-state index contributed by atoms with van der Waals surface area (Å²) in [7, 11) is 0. The molecule has 0 saturated heterocycles. The Balaban J connectivity index is 1.36. The molecule has 0 atom stereocenters. The number of benzene rings is 1. The van der Waals surface area contributed by atoms with Crippen molar-refractivity contribution < 1.29 is 4.79 Å². The van der Waals surface area contributed by atoms with Crippen LogP contribution in [-0.2, 0) is 19.4 Å². The van der Waals surface area contributed by atoms with Crippen LogP contribution >= 0.6 is 11.3 Å². The van der Waals surface area contributed by atoms with Crippen molar-refractivity contribution >= 4 is 28.1 Å². The van der Waals surface area contributed by atoms with Gasteiger partial charge in [-0.3, -0.25) is 4.79 Å². The molecular weight excluding hydrogens is 360 g/mol. The van der Waals surface area contributed by atoms with Gasteiger partial charge in [-0.25, -0.2) is 0 Å². The highest BCUT2D eigenvalue weighted by Gasteiger charge is 2.27. The minimum Gasteiger partial charge on any atom is -0.350 e. The summed E-state index contributed by atoms with van der Waals surface area (Å²) in [6, 6.07) is 10.4. The molecule has 5 rings (SSSR count). The Bertz CT molecular complexity index is 1110. The van der Waals surface area contributed by atoms with Crippen LogP contribution in [0, 0.1) is 0 Å². The number of carbonyl (C=O) groups excluding carboxylic acids is 1. The first-order valence-corrected chi connectivity index (χ1v) is 9.83. The van der Waals surface area contributed by atoms with Crippen molar-refractivity contribution in [2.75, 3.05) is 6.54 Å². The summed E-state index contributed by atoms with van der Waals surface area (Å²) in [5.74, 6) is -0.0450. The third-order valence-corrected chi connectivity index (χ3v) is 6.29. The van der Waals surface area contributed by atoms with Crippen LogP contribution in [0.2, 0.25) is 0 Å². The zero-order valence-electron chi connectivity index (χ0n) is 14.6. The minimum absolute atomic E-state index is 0.0450. The van der Waals surface area contributed by atoms with E-state index >= 15 is 0 Å². The lowest BCUT2D eigenvalue weighted by Gasteiger charge is -2.09. The highest BCUT2D eigenvalue weighted by atomic mass is 32.1. The first-order chi connectivity index (χ1) is 13.3. The number of amides is 1. The SMILES string of the molecule is O=C(NCCn1ccc2ccccc21)c1c(-n2cnnn2)sc2c1CCC2. The summed E-state index contributed by atoms with van der Waals surface area (Å²) in [4.78, 5) is 14.3. The summed E-state index contributed by atoms with van der Waals surface area (Å²) in [6.07, 6.45) is 6.68. The van der Waals surface area contributed by atoms with Crippen LogP contribution in [0.3, 0.4) is 0 Å². The maximum Gasteiger partial charge on any atom is 0.254 e. The number of nitrogens with one attached hydrogen (secondary N) is 1. The van der Waals surface area contributed by atoms with Gasteiger partial charge in [0.15, 0.2) is 0 Å². The lowest BCUT2D eigenvalue weighted by molar-refractivity contribution is 0.0952. The number of aryl methyl sites for hydroxylation is 1. The zero-order chi connectivity index (χ0) is 18.2. The maximum atomic E-state index is 13.0. The second-order valence-electron chi connectivity index (χ2n) is 6.62. The monoisotopic (exact) mass is 378 g/mol. The molecule has 4 aromatic rings. The molecule has 0 aliphatic heterocycles. The van der Waals surface area contributed by atoms with E-state index < -0.39 is 0 Å². The summed E-state index contributed by atoms with van der Waals surface area (Å²) >= 11 is 1.62. The minimum atomic E-state index is -0.0450. The quantitative estimate of drug-likeness (QED) is 0.579. The van der Waals surface area contributed by atoms with Gasteiger partial charge in [0.25, 0.3) is 5.91 Å². The molecule has 0 spiro atoms. The van der Waals surface area contributed by atoms with Crippen molar-refractivity contribution in [1.29, 1.82) is 0 Å². The Morgan fingerprint density at radius 3 is 3.04 bits per heavy atom. The Morgan fingerprint density at radius 1 is 1.22 bits per heavy atom. The number of thiophene rings is 1. The molecule has 1 aliphatic carbocycles. The number of hydrogen-bond donors (Lipinski definition) is 1. The molecule has 136 valence electrons. The molecule has 0 fully saturated rings. The van der Waals surface area contributed by atoms with Crippen LogP contribution in [0.15, 0.2) is 42.9 Å². The molecule has 1 N–H and O–H groups in total. The van der Waals surface area contributed by atoms with E-state index in [0.29, 0.717) is 6.54 Å². The summed E-state index contributed by atoms with van der Waals surface area (Å²) in [5, 5.41) is 16.5. The van der Waals surface area contributed by atoms with Gasteiger partial charge < -0.3 is 9.88 Å². The molecule has 27 heavy (non-hydrogen) atoms. The molecule has 0 bridgehead atoms. The molecule has 0 saturated carbocycles. The highest BCUT2D eigenvalue weighted by molar-refractivity contribution is 7.15. The van der Waals surface area contributed by atoms with Crippen molar-refractivity contribution in [1.82, 2.24) is 30.1 Å². The van der Waals surface area contributed by atoms with Crippen molar-refractivity contribution in [2.24, 2.45) is 0 Å². The van der Waals surface area contributed by atoms with Crippen LogP contribution in [-0.4, -0.2) is 37.2 Å². The topological polar surface area (TPSA) is 77.6 Å². The van der Waals surface area contributed by atoms with Crippen molar-refractivity contribution in [3.63, 3.8) is 0 Å². The average molecular weight is 378 g/mol. The van der Waals surface area contributed by atoms with E-state index in [9.17, 15) is 4.79 Å². The Morgan fingerprint density at radius 2 is 2.15 bits per heavy atom. The van der Waals surface area contributed by atoms with Gasteiger partial charge in [-0.15, -0.1) is 16.4 Å². The molecule has 1 amide bonds. The van der Waals surface area contributed by atoms with Crippen LogP contribution in [0.25, 0.3) is 15.9 Å². The summed E-state index contributed by atoms with van der Waals surface area (Å²) in [6.45, 7) is 1.29. The smallest absolute Gasteiger partial charge is 0.254 e. The maximum absolute atomic E-state index is 13.0. The van der Waals surface area contributed by atoms with Crippen molar-refractivity contribution in [3.8, 4) is 5.00 Å². The van der Waals surface area contributed by atoms with Gasteiger partial charge in [-0.05, 0) is 52.8 Å². The first-order valence-electron chi connectivity index (χ1n) is 9.01. The molecule has 0 radical (unpaired) electrons. The Hall–Kier alpha value is -3.00.